The molecule has 2 bridgehead atoms. The van der Waals surface area contributed by atoms with E-state index < -0.39 is 6.09 Å². The van der Waals surface area contributed by atoms with E-state index in [0.29, 0.717) is 41.7 Å². The summed E-state index contributed by atoms with van der Waals surface area (Å²) in [6, 6.07) is 21.1. The molecule has 0 radical (unpaired) electrons. The van der Waals surface area contributed by atoms with Gasteiger partial charge in [-0.3, -0.25) is 14.9 Å². The quantitative estimate of drug-likeness (QED) is 0.163. The second kappa shape index (κ2) is 12.3. The van der Waals surface area contributed by atoms with E-state index in [9.17, 15) is 14.4 Å². The number of hydrogen-bond donors (Lipinski definition) is 2. The maximum absolute atomic E-state index is 13.1. The number of hydrogen-bond acceptors (Lipinski definition) is 5. The minimum atomic E-state index is -0.473. The standard InChI is InChI=1S/C32H32ClN3O5.HI/c1-36(2)27-16-23(17-28(36)31-30(27)41-31)40-32(39)35-26-14-19(8-12-24(26)20-6-4-3-5-7-20)9-13-29(38)34-22-11-10-21(18-37)25(33)15-22;/h3-8,10-12,14-15,18,23,27-28,30-31H,9,13,16-17H2,1-2H3,(H-,34,35,37,38,39);1H/t23?,27-,28+,30-,31+;. The van der Waals surface area contributed by atoms with Gasteiger partial charge in [-0.15, -0.1) is 0 Å². The molecule has 3 fully saturated rings. The molecular weight excluding hydrogens is 669 g/mol. The van der Waals surface area contributed by atoms with Crippen molar-refractivity contribution in [1.29, 1.82) is 0 Å². The molecule has 0 aromatic heterocycles. The number of amides is 2. The van der Waals surface area contributed by atoms with Crippen LogP contribution in [0.25, 0.3) is 11.1 Å². The maximum Gasteiger partial charge on any atom is 0.411 e. The Morgan fingerprint density at radius 1 is 1.00 bits per heavy atom. The average Bonchev–Trinajstić information content (AvgIpc) is 3.71. The molecule has 2 N–H and O–H groups in total. The number of quaternary nitrogens is 1. The van der Waals surface area contributed by atoms with Gasteiger partial charge in [0.2, 0.25) is 5.91 Å². The van der Waals surface area contributed by atoms with Crippen molar-refractivity contribution in [3.63, 3.8) is 0 Å². The van der Waals surface area contributed by atoms with E-state index in [1.165, 1.54) is 0 Å². The van der Waals surface area contributed by atoms with Gasteiger partial charge in [-0.1, -0.05) is 54.1 Å². The first kappa shape index (κ1) is 30.5. The molecular formula is C32H33ClIN3O5. The van der Waals surface area contributed by atoms with Gasteiger partial charge in [0.15, 0.2) is 6.29 Å². The number of morpholine rings is 1. The van der Waals surface area contributed by atoms with Crippen LogP contribution in [0.15, 0.2) is 66.7 Å². The minimum absolute atomic E-state index is 0. The van der Waals surface area contributed by atoms with Crippen molar-refractivity contribution in [2.75, 3.05) is 24.7 Å². The van der Waals surface area contributed by atoms with Gasteiger partial charge in [0, 0.05) is 36.1 Å². The summed E-state index contributed by atoms with van der Waals surface area (Å²) < 4.78 is 12.7. The summed E-state index contributed by atoms with van der Waals surface area (Å²) in [6.07, 6.45) is 2.91. The Kier molecular flexibility index (Phi) is 8.94. The van der Waals surface area contributed by atoms with Crippen molar-refractivity contribution in [3.8, 4) is 11.1 Å². The highest BCUT2D eigenvalue weighted by Crippen LogP contribution is 2.51. The number of epoxide rings is 1. The second-order valence-corrected chi connectivity index (χ2v) is 12.0. The minimum Gasteiger partial charge on any atom is -1.00 e. The van der Waals surface area contributed by atoms with Gasteiger partial charge in [0.05, 0.1) is 24.8 Å². The van der Waals surface area contributed by atoms with Crippen LogP contribution in [0.5, 0.6) is 0 Å². The molecule has 0 spiro atoms. The van der Waals surface area contributed by atoms with Gasteiger partial charge in [-0.05, 0) is 41.8 Å². The number of nitrogens with one attached hydrogen (secondary N) is 2. The summed E-state index contributed by atoms with van der Waals surface area (Å²) in [5.74, 6) is -0.184. The van der Waals surface area contributed by atoms with E-state index in [2.05, 4.69) is 24.7 Å². The first-order valence-corrected chi connectivity index (χ1v) is 14.3. The molecule has 3 aromatic carbocycles. The Bertz CT molecular complexity index is 1480. The number of carbonyl (C=O) groups excluding carboxylic acids is 3. The fourth-order valence-corrected chi connectivity index (χ4v) is 6.72. The highest BCUT2D eigenvalue weighted by atomic mass is 127. The van der Waals surface area contributed by atoms with Gasteiger partial charge in [0.1, 0.15) is 30.4 Å². The molecule has 3 saturated heterocycles. The monoisotopic (exact) mass is 701 g/mol. The van der Waals surface area contributed by atoms with Crippen LogP contribution in [0.4, 0.5) is 16.2 Å². The normalized spacial score (nSPS) is 24.5. The molecule has 1 unspecified atom stereocenters. The number of halogens is 2. The van der Waals surface area contributed by atoms with Gasteiger partial charge < -0.3 is 43.3 Å². The van der Waals surface area contributed by atoms with E-state index in [-0.39, 0.29) is 59.6 Å². The van der Waals surface area contributed by atoms with Crippen molar-refractivity contribution in [3.05, 3.63) is 82.9 Å². The third kappa shape index (κ3) is 6.20. The number of aryl methyl sites for hydroxylation is 1. The number of aldehydes is 1. The first-order chi connectivity index (χ1) is 19.7. The summed E-state index contributed by atoms with van der Waals surface area (Å²) in [5, 5.41) is 6.09. The van der Waals surface area contributed by atoms with Crippen LogP contribution in [0.2, 0.25) is 5.02 Å². The third-order valence-electron chi connectivity index (χ3n) is 8.77. The van der Waals surface area contributed by atoms with Gasteiger partial charge in [-0.2, -0.15) is 0 Å². The number of carbonyl (C=O) groups is 3. The molecule has 10 heteroatoms. The van der Waals surface area contributed by atoms with Crippen molar-refractivity contribution >= 4 is 41.3 Å². The lowest BCUT2D eigenvalue weighted by Crippen LogP contribution is -3.00. The second-order valence-electron chi connectivity index (χ2n) is 11.6. The maximum atomic E-state index is 13.1. The zero-order valence-electron chi connectivity index (χ0n) is 23.4. The highest BCUT2D eigenvalue weighted by Gasteiger charge is 2.70. The summed E-state index contributed by atoms with van der Waals surface area (Å²) in [5.41, 5.74) is 4.27. The van der Waals surface area contributed by atoms with Gasteiger partial charge in [-0.25, -0.2) is 4.79 Å². The van der Waals surface area contributed by atoms with E-state index >= 15 is 0 Å². The van der Waals surface area contributed by atoms with Crippen LogP contribution >= 0.6 is 11.6 Å². The molecule has 8 nitrogen and oxygen atoms in total. The number of ether oxygens (including phenoxy) is 2. The fourth-order valence-electron chi connectivity index (χ4n) is 6.49. The van der Waals surface area contributed by atoms with Crippen LogP contribution in [-0.2, 0) is 20.7 Å². The van der Waals surface area contributed by atoms with E-state index in [1.54, 1.807) is 18.2 Å². The van der Waals surface area contributed by atoms with E-state index in [0.717, 1.165) is 34.0 Å². The Balaban J connectivity index is 0.00000353. The van der Waals surface area contributed by atoms with Crippen LogP contribution in [0, 0.1) is 0 Å². The zero-order chi connectivity index (χ0) is 28.7. The molecule has 0 aliphatic carbocycles. The number of fused-ring (bicyclic) bond motifs is 5. The predicted molar refractivity (Wildman–Crippen MR) is 157 cm³/mol. The van der Waals surface area contributed by atoms with E-state index in [1.807, 2.05) is 48.5 Å². The Labute approximate surface area is 267 Å². The van der Waals surface area contributed by atoms with Crippen LogP contribution in [0.1, 0.15) is 35.2 Å². The van der Waals surface area contributed by atoms with Crippen molar-refractivity contribution in [2.45, 2.75) is 56.1 Å². The molecule has 3 heterocycles. The topological polar surface area (TPSA) is 97.0 Å². The Morgan fingerprint density at radius 2 is 1.71 bits per heavy atom. The number of rotatable bonds is 8. The molecule has 0 saturated carbocycles. The van der Waals surface area contributed by atoms with Crippen LogP contribution in [-0.4, -0.2) is 67.3 Å². The Hall–Kier alpha value is -2.99. The third-order valence-corrected chi connectivity index (χ3v) is 9.10. The lowest BCUT2D eigenvalue weighted by atomic mass is 9.96. The first-order valence-electron chi connectivity index (χ1n) is 13.9. The number of anilines is 2. The van der Waals surface area contributed by atoms with Crippen molar-refractivity contribution < 1.29 is 52.3 Å². The van der Waals surface area contributed by atoms with Crippen LogP contribution in [0.3, 0.4) is 0 Å². The van der Waals surface area contributed by atoms with Gasteiger partial charge >= 0.3 is 6.09 Å². The molecule has 3 aliphatic rings. The number of likely N-dealkylation sites (N-methyl/N-ethyl adjacent to an activating group) is 1. The molecule has 3 aliphatic heterocycles. The number of piperidine rings is 1. The summed E-state index contributed by atoms with van der Waals surface area (Å²) in [4.78, 5) is 36.8. The van der Waals surface area contributed by atoms with Gasteiger partial charge in [0.25, 0.3) is 0 Å². The summed E-state index contributed by atoms with van der Waals surface area (Å²) in [6.45, 7) is 0. The molecule has 5 atom stereocenters. The largest absolute Gasteiger partial charge is 1.00 e. The summed E-state index contributed by atoms with van der Waals surface area (Å²) >= 11 is 6.08. The fraction of sp³-hybridized carbons (Fsp3) is 0.344. The summed E-state index contributed by atoms with van der Waals surface area (Å²) in [7, 11) is 4.50. The molecule has 220 valence electrons. The molecule has 6 rings (SSSR count). The highest BCUT2D eigenvalue weighted by molar-refractivity contribution is 6.33. The predicted octanol–water partition coefficient (Wildman–Crippen LogP) is 2.70. The smallest absolute Gasteiger partial charge is 0.411 e. The lowest BCUT2D eigenvalue weighted by Gasteiger charge is -2.45. The number of benzene rings is 3. The Morgan fingerprint density at radius 3 is 2.38 bits per heavy atom. The van der Waals surface area contributed by atoms with E-state index in [4.69, 9.17) is 21.1 Å². The molecule has 2 amide bonds. The SMILES string of the molecule is C[N+]1(C)[C@@H]2CC(OC(=O)Nc3cc(CCC(=O)Nc4ccc(C=O)c(Cl)c4)ccc3-c3ccccc3)C[C@H]1[C@@H]1O[C@@H]12.[I-]. The number of nitrogens with zero attached hydrogens (tertiary/aromatic N) is 1. The van der Waals surface area contributed by atoms with Crippen LogP contribution < -0.4 is 34.6 Å². The van der Waals surface area contributed by atoms with Crippen molar-refractivity contribution in [1.82, 2.24) is 0 Å². The van der Waals surface area contributed by atoms with Crippen molar-refractivity contribution in [2.24, 2.45) is 0 Å². The zero-order valence-corrected chi connectivity index (χ0v) is 26.3. The molecule has 3 aromatic rings. The average molecular weight is 702 g/mol. The lowest BCUT2D eigenvalue weighted by molar-refractivity contribution is -0.938. The molecule has 42 heavy (non-hydrogen) atoms.